The molecular formula is C21H29NO. The molecule has 0 aliphatic heterocycles. The maximum atomic E-state index is 6.19. The Morgan fingerprint density at radius 1 is 1.17 bits per heavy atom. The van der Waals surface area contributed by atoms with Crippen LogP contribution in [0.3, 0.4) is 0 Å². The predicted octanol–water partition coefficient (Wildman–Crippen LogP) is 4.00. The highest BCUT2D eigenvalue weighted by Gasteiger charge is 2.28. The van der Waals surface area contributed by atoms with E-state index in [2.05, 4.69) is 37.0 Å². The summed E-state index contributed by atoms with van der Waals surface area (Å²) in [7, 11) is 1.83. The van der Waals surface area contributed by atoms with Crippen LogP contribution in [-0.2, 0) is 4.74 Å². The Kier molecular flexibility index (Phi) is 5.41. The molecule has 1 aromatic carbocycles. The first kappa shape index (κ1) is 16.6. The summed E-state index contributed by atoms with van der Waals surface area (Å²) in [5, 5.41) is 0. The van der Waals surface area contributed by atoms with Crippen LogP contribution in [0.2, 0.25) is 0 Å². The molecule has 3 rings (SSSR count). The number of methoxy groups -OCH3 is 1. The molecule has 124 valence electrons. The fourth-order valence-electron chi connectivity index (χ4n) is 3.83. The average molecular weight is 311 g/mol. The van der Waals surface area contributed by atoms with Crippen LogP contribution < -0.4 is 5.73 Å². The minimum absolute atomic E-state index is 0.446. The van der Waals surface area contributed by atoms with E-state index in [1.807, 2.05) is 7.11 Å². The van der Waals surface area contributed by atoms with Gasteiger partial charge < -0.3 is 10.5 Å². The fraction of sp³-hybridized carbons (Fsp3) is 0.619. The van der Waals surface area contributed by atoms with Crippen molar-refractivity contribution >= 4 is 0 Å². The molecule has 0 heterocycles. The van der Waals surface area contributed by atoms with Crippen molar-refractivity contribution in [2.45, 2.75) is 57.5 Å². The van der Waals surface area contributed by atoms with Gasteiger partial charge in [0.25, 0.3) is 0 Å². The van der Waals surface area contributed by atoms with Crippen molar-refractivity contribution in [3.63, 3.8) is 0 Å². The molecule has 0 spiro atoms. The molecule has 0 radical (unpaired) electrons. The number of benzene rings is 1. The van der Waals surface area contributed by atoms with Crippen LogP contribution in [0.25, 0.3) is 0 Å². The quantitative estimate of drug-likeness (QED) is 0.853. The summed E-state index contributed by atoms with van der Waals surface area (Å²) in [6, 6.07) is 6.67. The van der Waals surface area contributed by atoms with Gasteiger partial charge in [-0.25, -0.2) is 0 Å². The lowest BCUT2D eigenvalue weighted by Crippen LogP contribution is -2.28. The maximum absolute atomic E-state index is 6.19. The van der Waals surface area contributed by atoms with Crippen LogP contribution in [0.5, 0.6) is 0 Å². The van der Waals surface area contributed by atoms with Crippen molar-refractivity contribution in [1.82, 2.24) is 0 Å². The summed E-state index contributed by atoms with van der Waals surface area (Å²) < 4.78 is 5.51. The largest absolute Gasteiger partial charge is 0.381 e. The zero-order valence-electron chi connectivity index (χ0n) is 14.5. The van der Waals surface area contributed by atoms with Crippen LogP contribution in [0.4, 0.5) is 0 Å². The Hall–Kier alpha value is -1.30. The van der Waals surface area contributed by atoms with Gasteiger partial charge in [0, 0.05) is 18.6 Å². The summed E-state index contributed by atoms with van der Waals surface area (Å²) in [4.78, 5) is 0. The van der Waals surface area contributed by atoms with Crippen LogP contribution in [-0.4, -0.2) is 19.8 Å². The van der Waals surface area contributed by atoms with E-state index < -0.39 is 0 Å². The van der Waals surface area contributed by atoms with Gasteiger partial charge in [0.05, 0.1) is 6.10 Å². The third-order valence-corrected chi connectivity index (χ3v) is 5.55. The lowest BCUT2D eigenvalue weighted by Gasteiger charge is -2.33. The Labute approximate surface area is 140 Å². The molecule has 23 heavy (non-hydrogen) atoms. The van der Waals surface area contributed by atoms with Crippen LogP contribution >= 0.6 is 0 Å². The molecule has 2 aliphatic carbocycles. The zero-order valence-corrected chi connectivity index (χ0v) is 14.5. The molecule has 1 unspecified atom stereocenters. The first-order chi connectivity index (χ1) is 11.2. The molecule has 0 aromatic heterocycles. The number of nitrogens with two attached hydrogens (primary N) is 1. The molecule has 1 aromatic rings. The van der Waals surface area contributed by atoms with Crippen LogP contribution in [0, 0.1) is 30.6 Å². The Morgan fingerprint density at radius 2 is 1.91 bits per heavy atom. The molecular weight excluding hydrogens is 282 g/mol. The van der Waals surface area contributed by atoms with Crippen LogP contribution in [0.1, 0.15) is 61.1 Å². The highest BCUT2D eigenvalue weighted by molar-refractivity contribution is 5.43. The van der Waals surface area contributed by atoms with Crippen molar-refractivity contribution in [2.75, 3.05) is 13.7 Å². The van der Waals surface area contributed by atoms with Crippen molar-refractivity contribution in [3.05, 3.63) is 34.9 Å². The normalized spacial score (nSPS) is 25.5. The first-order valence-corrected chi connectivity index (χ1v) is 9.06. The third kappa shape index (κ3) is 4.16. The van der Waals surface area contributed by atoms with Gasteiger partial charge in [-0.05, 0) is 87.1 Å². The van der Waals surface area contributed by atoms with E-state index in [9.17, 15) is 0 Å². The second-order valence-corrected chi connectivity index (χ2v) is 7.23. The summed E-state index contributed by atoms with van der Waals surface area (Å²) >= 11 is 0. The molecule has 0 saturated heterocycles. The topological polar surface area (TPSA) is 35.2 Å². The molecule has 2 nitrogen and oxygen atoms in total. The van der Waals surface area contributed by atoms with Crippen molar-refractivity contribution < 1.29 is 4.74 Å². The predicted molar refractivity (Wildman–Crippen MR) is 95.3 cm³/mol. The van der Waals surface area contributed by atoms with Gasteiger partial charge in [0.15, 0.2) is 0 Å². The number of rotatable bonds is 4. The van der Waals surface area contributed by atoms with Gasteiger partial charge in [-0.3, -0.25) is 0 Å². The molecule has 1 atom stereocenters. The van der Waals surface area contributed by atoms with Gasteiger partial charge in [0.2, 0.25) is 0 Å². The van der Waals surface area contributed by atoms with E-state index >= 15 is 0 Å². The molecule has 0 amide bonds. The molecule has 2 fully saturated rings. The third-order valence-electron chi connectivity index (χ3n) is 5.55. The summed E-state index contributed by atoms with van der Waals surface area (Å²) in [6.45, 7) is 2.93. The van der Waals surface area contributed by atoms with E-state index in [0.717, 1.165) is 24.9 Å². The van der Waals surface area contributed by atoms with Gasteiger partial charge in [0.1, 0.15) is 0 Å². The van der Waals surface area contributed by atoms with Crippen molar-refractivity contribution in [3.8, 4) is 11.8 Å². The van der Waals surface area contributed by atoms with E-state index in [1.54, 1.807) is 0 Å². The summed E-state index contributed by atoms with van der Waals surface area (Å²) in [5.41, 5.74) is 10.1. The fourth-order valence-corrected chi connectivity index (χ4v) is 3.83. The standard InChI is InChI=1S/C21H29NO/c1-15-3-4-17(8-7-16-5-6-16)13-20(15)21(14-22)18-9-11-19(23-2)12-10-18/h3-4,13,16,18-19,21H,5-6,9-12,14,22H2,1-2H3. The van der Waals surface area contributed by atoms with Gasteiger partial charge in [-0.2, -0.15) is 0 Å². The smallest absolute Gasteiger partial charge is 0.0571 e. The van der Waals surface area contributed by atoms with E-state index in [0.29, 0.717) is 23.9 Å². The molecule has 2 aliphatic rings. The highest BCUT2D eigenvalue weighted by atomic mass is 16.5. The molecule has 2 heteroatoms. The van der Waals surface area contributed by atoms with Gasteiger partial charge >= 0.3 is 0 Å². The van der Waals surface area contributed by atoms with E-state index in [-0.39, 0.29) is 0 Å². The lowest BCUT2D eigenvalue weighted by molar-refractivity contribution is 0.0528. The number of hydrogen-bond donors (Lipinski definition) is 1. The Bertz CT molecular complexity index is 586. The number of hydrogen-bond acceptors (Lipinski definition) is 2. The van der Waals surface area contributed by atoms with E-state index in [1.165, 1.54) is 36.8 Å². The molecule has 0 bridgehead atoms. The van der Waals surface area contributed by atoms with Gasteiger partial charge in [-0.1, -0.05) is 17.9 Å². The lowest BCUT2D eigenvalue weighted by atomic mass is 9.75. The highest BCUT2D eigenvalue weighted by Crippen LogP contribution is 2.37. The van der Waals surface area contributed by atoms with E-state index in [4.69, 9.17) is 10.5 Å². The zero-order chi connectivity index (χ0) is 16.2. The SMILES string of the molecule is COC1CCC(C(CN)c2cc(C#CC3CC3)ccc2C)CC1. The van der Waals surface area contributed by atoms with Crippen molar-refractivity contribution in [2.24, 2.45) is 17.6 Å². The minimum atomic E-state index is 0.446. The minimum Gasteiger partial charge on any atom is -0.381 e. The average Bonchev–Trinajstić information content (AvgIpc) is 3.41. The second kappa shape index (κ2) is 7.51. The van der Waals surface area contributed by atoms with Crippen LogP contribution in [0.15, 0.2) is 18.2 Å². The summed E-state index contributed by atoms with van der Waals surface area (Å²) in [6.07, 6.45) is 7.77. The van der Waals surface area contributed by atoms with Gasteiger partial charge in [-0.15, -0.1) is 0 Å². The molecule has 2 N–H and O–H groups in total. The Morgan fingerprint density at radius 3 is 2.52 bits per heavy atom. The number of ether oxygens (including phenoxy) is 1. The first-order valence-electron chi connectivity index (χ1n) is 9.06. The molecule has 2 saturated carbocycles. The maximum Gasteiger partial charge on any atom is 0.0571 e. The monoisotopic (exact) mass is 311 g/mol. The number of aryl methyl sites for hydroxylation is 1. The van der Waals surface area contributed by atoms with Crippen molar-refractivity contribution in [1.29, 1.82) is 0 Å². The summed E-state index contributed by atoms with van der Waals surface area (Å²) in [5.74, 6) is 8.51. The Balaban J connectivity index is 1.77. The second-order valence-electron chi connectivity index (χ2n) is 7.23.